The van der Waals surface area contributed by atoms with Gasteiger partial charge in [0.2, 0.25) is 0 Å². The molecule has 0 N–H and O–H groups in total. The molecular weight excluding hydrogens is 168 g/mol. The van der Waals surface area contributed by atoms with Crippen LogP contribution in [0.5, 0.6) is 0 Å². The fraction of sp³-hybridized carbons (Fsp3) is 1.00. The van der Waals surface area contributed by atoms with Crippen LogP contribution in [0, 0.1) is 0 Å². The molecule has 0 saturated heterocycles. The maximum absolute atomic E-state index is 6.88. The predicted molar refractivity (Wildman–Crippen MR) is 46.5 cm³/mol. The van der Waals surface area contributed by atoms with Gasteiger partial charge in [0.15, 0.2) is 0 Å². The van der Waals surface area contributed by atoms with E-state index in [2.05, 4.69) is 0 Å². The second-order valence-electron chi connectivity index (χ2n) is 2.55. The molecule has 1 fully saturated rings. The normalized spacial score (nSPS) is 35.5. The molecule has 10 heavy (non-hydrogen) atoms. The van der Waals surface area contributed by atoms with Gasteiger partial charge in [-0.15, -0.1) is 11.6 Å². The number of alkyl halides is 1. The third-order valence-corrected chi connectivity index (χ3v) is 2.70. The average molecular weight is 183 g/mol. The molecule has 0 aromatic rings. The molecule has 0 radical (unpaired) electrons. The molecule has 1 aliphatic carbocycles. The summed E-state index contributed by atoms with van der Waals surface area (Å²) in [5, 5.41) is 0.169. The molecule has 0 bridgehead atoms. The van der Waals surface area contributed by atoms with Gasteiger partial charge >= 0.3 is 0 Å². The third-order valence-electron chi connectivity index (χ3n) is 1.81. The highest BCUT2D eigenvalue weighted by molar-refractivity contribution is 7.93. The van der Waals surface area contributed by atoms with E-state index in [1.54, 1.807) is 0 Å². The van der Waals surface area contributed by atoms with Crippen molar-refractivity contribution in [1.82, 2.24) is 0 Å². The molecule has 0 aromatic heterocycles. The molecule has 1 nitrogen and oxygen atoms in total. The molecule has 1 saturated carbocycles. The largest absolute Gasteiger partial charge is 0.311 e. The van der Waals surface area contributed by atoms with Crippen LogP contribution in [0.4, 0.5) is 0 Å². The van der Waals surface area contributed by atoms with Gasteiger partial charge in [-0.25, -0.2) is 0 Å². The summed E-state index contributed by atoms with van der Waals surface area (Å²) in [6.07, 6.45) is 5.00. The molecule has 2 atom stereocenters. The molecule has 0 amide bonds. The lowest BCUT2D eigenvalue weighted by atomic mass is 9.97. The molecule has 0 heterocycles. The van der Waals surface area contributed by atoms with Crippen molar-refractivity contribution in [1.29, 1.82) is 0 Å². The molecule has 0 unspecified atom stereocenters. The van der Waals surface area contributed by atoms with E-state index in [9.17, 15) is 0 Å². The third kappa shape index (κ3) is 2.33. The second kappa shape index (κ2) is 4.47. The van der Waals surface area contributed by atoms with Gasteiger partial charge in [-0.1, -0.05) is 12.8 Å². The summed E-state index contributed by atoms with van der Waals surface area (Å²) in [7, 11) is 0. The lowest BCUT2D eigenvalue weighted by Gasteiger charge is -2.25. The first kappa shape index (κ1) is 7.26. The highest BCUT2D eigenvalue weighted by Crippen LogP contribution is 2.27. The standard InChI is InChI=1S/C7H13ClOS/c1-10-9-7-5-3-2-4-6(7)8/h6-7H,2-5H2,1H3/t6-,7-/m0/s1/i1T. The van der Waals surface area contributed by atoms with Crippen LogP contribution in [0.3, 0.4) is 0 Å². The quantitative estimate of drug-likeness (QED) is 0.480. The first-order chi connectivity index (χ1) is 5.34. The average Bonchev–Trinajstić information content (AvgIpc) is 2.03. The molecule has 1 rings (SSSR count). The molecule has 60 valence electrons. The first-order valence-electron chi connectivity index (χ1n) is 4.27. The van der Waals surface area contributed by atoms with Crippen LogP contribution >= 0.6 is 23.6 Å². The van der Waals surface area contributed by atoms with Crippen LogP contribution in [-0.4, -0.2) is 17.7 Å². The summed E-state index contributed by atoms with van der Waals surface area (Å²) in [6.45, 7) is 0. The van der Waals surface area contributed by atoms with E-state index < -0.39 is 0 Å². The lowest BCUT2D eigenvalue weighted by molar-refractivity contribution is 0.191. The Balaban J connectivity index is 2.18. The van der Waals surface area contributed by atoms with Gasteiger partial charge in [0, 0.05) is 7.60 Å². The fourth-order valence-corrected chi connectivity index (χ4v) is 2.05. The maximum atomic E-state index is 6.88. The summed E-state index contributed by atoms with van der Waals surface area (Å²) in [6, 6.07) is 0. The van der Waals surface area contributed by atoms with Crippen LogP contribution in [0.2, 0.25) is 0 Å². The minimum atomic E-state index is 0.169. The number of halogens is 1. The summed E-state index contributed by atoms with van der Waals surface area (Å²) in [5.74, 6) is 0. The summed E-state index contributed by atoms with van der Waals surface area (Å²) >= 11 is 7.22. The van der Waals surface area contributed by atoms with E-state index in [0.717, 1.165) is 12.8 Å². The fourth-order valence-electron chi connectivity index (χ4n) is 1.25. The Labute approximate surface area is 73.1 Å². The van der Waals surface area contributed by atoms with Gasteiger partial charge in [0.1, 0.15) is 0 Å². The van der Waals surface area contributed by atoms with E-state index in [1.807, 2.05) is 0 Å². The second-order valence-corrected chi connectivity index (χ2v) is 3.54. The number of hydrogen-bond donors (Lipinski definition) is 0. The van der Waals surface area contributed by atoms with E-state index in [1.165, 1.54) is 24.9 Å². The molecule has 0 aliphatic heterocycles. The maximum Gasteiger partial charge on any atom is 0.0885 e. The highest BCUT2D eigenvalue weighted by Gasteiger charge is 2.23. The van der Waals surface area contributed by atoms with Crippen molar-refractivity contribution >= 4 is 23.6 Å². The van der Waals surface area contributed by atoms with Gasteiger partial charge in [-0.2, -0.15) is 0 Å². The zero-order chi connectivity index (χ0) is 8.10. The highest BCUT2D eigenvalue weighted by atomic mass is 35.5. The zero-order valence-corrected chi connectivity index (χ0v) is 7.46. The van der Waals surface area contributed by atoms with Gasteiger partial charge in [0.05, 0.1) is 11.5 Å². The minimum absolute atomic E-state index is 0.169. The molecular formula is C7H13ClOS. The predicted octanol–water partition coefficient (Wildman–Crippen LogP) is 2.83. The summed E-state index contributed by atoms with van der Waals surface area (Å²) in [4.78, 5) is 0. The Morgan fingerprint density at radius 3 is 3.10 bits per heavy atom. The Hall–Kier alpha value is 0.600. The Kier molecular flexibility index (Phi) is 3.25. The Morgan fingerprint density at radius 2 is 2.40 bits per heavy atom. The van der Waals surface area contributed by atoms with E-state index >= 15 is 0 Å². The van der Waals surface area contributed by atoms with E-state index in [-0.39, 0.29) is 17.7 Å². The van der Waals surface area contributed by atoms with Crippen molar-refractivity contribution in [2.75, 3.05) is 6.23 Å². The minimum Gasteiger partial charge on any atom is -0.311 e. The molecule has 1 aliphatic rings. The Bertz CT molecular complexity index is 115. The lowest BCUT2D eigenvalue weighted by Crippen LogP contribution is -2.25. The van der Waals surface area contributed by atoms with Crippen LogP contribution in [0.15, 0.2) is 0 Å². The number of rotatable bonds is 2. The molecule has 0 aromatic carbocycles. The van der Waals surface area contributed by atoms with E-state index in [4.69, 9.17) is 17.2 Å². The Morgan fingerprint density at radius 1 is 1.60 bits per heavy atom. The van der Waals surface area contributed by atoms with Crippen molar-refractivity contribution in [2.24, 2.45) is 0 Å². The van der Waals surface area contributed by atoms with Crippen LogP contribution in [0.25, 0.3) is 0 Å². The molecule has 3 heteroatoms. The summed E-state index contributed by atoms with van der Waals surface area (Å²) in [5.41, 5.74) is 0. The van der Waals surface area contributed by atoms with Crippen molar-refractivity contribution in [3.63, 3.8) is 0 Å². The van der Waals surface area contributed by atoms with Crippen molar-refractivity contribution < 1.29 is 5.55 Å². The van der Waals surface area contributed by atoms with Crippen molar-refractivity contribution in [3.8, 4) is 0 Å². The van der Waals surface area contributed by atoms with Crippen molar-refractivity contribution in [3.05, 3.63) is 0 Å². The van der Waals surface area contributed by atoms with Crippen LogP contribution in [0.1, 0.15) is 27.1 Å². The van der Waals surface area contributed by atoms with Gasteiger partial charge < -0.3 is 4.18 Å². The topological polar surface area (TPSA) is 9.23 Å². The SMILES string of the molecule is [3H]CSO[C@H]1CCCC[C@@H]1Cl. The van der Waals surface area contributed by atoms with Gasteiger partial charge in [-0.05, 0) is 24.9 Å². The van der Waals surface area contributed by atoms with Crippen molar-refractivity contribution in [2.45, 2.75) is 37.2 Å². The van der Waals surface area contributed by atoms with Gasteiger partial charge in [0.25, 0.3) is 0 Å². The number of hydrogen-bond acceptors (Lipinski definition) is 2. The summed E-state index contributed by atoms with van der Waals surface area (Å²) < 4.78 is 12.2. The van der Waals surface area contributed by atoms with Gasteiger partial charge in [-0.3, -0.25) is 0 Å². The zero-order valence-electron chi connectivity index (χ0n) is 6.88. The van der Waals surface area contributed by atoms with Crippen LogP contribution in [-0.2, 0) is 4.18 Å². The molecule has 0 spiro atoms. The first-order valence-corrected chi connectivity index (χ1v) is 4.91. The van der Waals surface area contributed by atoms with E-state index in [0.29, 0.717) is 0 Å². The smallest absolute Gasteiger partial charge is 0.0885 e. The van der Waals surface area contributed by atoms with Crippen LogP contribution < -0.4 is 0 Å². The monoisotopic (exact) mass is 182 g/mol.